The van der Waals surface area contributed by atoms with Gasteiger partial charge in [-0.25, -0.2) is 9.97 Å². The molecule has 176 valence electrons. The molecule has 0 radical (unpaired) electrons. The Morgan fingerprint density at radius 1 is 1.06 bits per heavy atom. The largest absolute Gasteiger partial charge is 1.00 e. The number of likely N-dealkylation sites (N-methyl/N-ethyl adjacent to an activating group) is 1. The third-order valence-corrected chi connectivity index (χ3v) is 5.54. The van der Waals surface area contributed by atoms with E-state index in [-0.39, 0.29) is 50.2 Å². The first-order valence-corrected chi connectivity index (χ1v) is 10.4. The number of carbonyl (C=O) groups excluding carboxylic acids is 1. The molecule has 4 aromatic heterocycles. The fraction of sp³-hybridized carbons (Fsp3) is 0.304. The molecule has 0 aromatic carbocycles. The molecular formula is C23H26IN9O. The first-order chi connectivity index (χ1) is 18.4. The van der Waals surface area contributed by atoms with Crippen LogP contribution in [-0.2, 0) is 7.05 Å². The van der Waals surface area contributed by atoms with Gasteiger partial charge in [0.15, 0.2) is 0 Å². The summed E-state index contributed by atoms with van der Waals surface area (Å²) in [7, 11) is 1.77. The Balaban J connectivity index is 0.00000370. The summed E-state index contributed by atoms with van der Waals surface area (Å²) in [6, 6.07) is 6.74. The first-order valence-electron chi connectivity index (χ1n) is 13.4. The van der Waals surface area contributed by atoms with Gasteiger partial charge in [-0.1, -0.05) is 5.21 Å². The zero-order valence-electron chi connectivity index (χ0n) is 24.3. The predicted octanol–water partition coefficient (Wildman–Crippen LogP) is -1.03. The number of piperazine rings is 1. The summed E-state index contributed by atoms with van der Waals surface area (Å²) in [5.41, 5.74) is 1.59. The van der Waals surface area contributed by atoms with Gasteiger partial charge in [-0.3, -0.25) is 14.5 Å². The van der Waals surface area contributed by atoms with Gasteiger partial charge in [-0.05, 0) is 29.7 Å². The van der Waals surface area contributed by atoms with Crippen molar-refractivity contribution >= 4 is 28.3 Å². The van der Waals surface area contributed by atoms with Crippen molar-refractivity contribution in [2.24, 2.45) is 7.05 Å². The van der Waals surface area contributed by atoms with Crippen LogP contribution >= 0.6 is 0 Å². The van der Waals surface area contributed by atoms with Crippen molar-refractivity contribution < 1.29 is 41.5 Å². The molecule has 11 heteroatoms. The van der Waals surface area contributed by atoms with Crippen LogP contribution in [0.15, 0.2) is 49.1 Å². The molecule has 4 aromatic rings. The molecule has 34 heavy (non-hydrogen) atoms. The van der Waals surface area contributed by atoms with Gasteiger partial charge in [0, 0.05) is 36.6 Å². The van der Waals surface area contributed by atoms with Gasteiger partial charge in [0.25, 0.3) is 5.91 Å². The number of fused-ring (bicyclic) bond motifs is 1. The number of quaternary nitrogens is 1. The number of nitrogens with one attached hydrogen (secondary N) is 1. The van der Waals surface area contributed by atoms with Crippen LogP contribution in [0.3, 0.4) is 0 Å². The number of aryl methyl sites for hydroxylation is 1. The lowest BCUT2D eigenvalue weighted by molar-refractivity contribution is -0.890. The second-order valence-corrected chi connectivity index (χ2v) is 8.02. The minimum absolute atomic E-state index is 0. The van der Waals surface area contributed by atoms with E-state index in [1.54, 1.807) is 53.4 Å². The molecule has 1 aliphatic rings. The number of halogens is 1. The van der Waals surface area contributed by atoms with E-state index in [9.17, 15) is 4.79 Å². The third-order valence-electron chi connectivity index (χ3n) is 5.54. The van der Waals surface area contributed by atoms with Crippen LogP contribution in [0.25, 0.3) is 22.2 Å². The van der Waals surface area contributed by atoms with Crippen molar-refractivity contribution in [2.75, 3.05) is 50.3 Å². The Morgan fingerprint density at radius 3 is 2.59 bits per heavy atom. The standard InChI is InChI=1S/C23H25N9O.HI/c1-30-15-20(28-29-30)19-10-17-11-21(26-14-18(17)13-25-19)27-23(33)16-4-5-24-22(12-16)31-6-8-32(2,3)9-7-31;/h4-5,10-15H,6-9H2,1-3H3;1H/i2D3,3D3;. The molecule has 1 fully saturated rings. The zero-order chi connectivity index (χ0) is 28.0. The molecule has 0 atom stereocenters. The van der Waals surface area contributed by atoms with Gasteiger partial charge in [-0.2, -0.15) is 0 Å². The first kappa shape index (κ1) is 17.3. The maximum absolute atomic E-state index is 13.1. The second-order valence-electron chi connectivity index (χ2n) is 8.02. The van der Waals surface area contributed by atoms with Gasteiger partial charge in [0.1, 0.15) is 17.3 Å². The van der Waals surface area contributed by atoms with Crippen LogP contribution in [0.1, 0.15) is 18.6 Å². The highest BCUT2D eigenvalue weighted by Gasteiger charge is 2.25. The maximum atomic E-state index is 13.1. The van der Waals surface area contributed by atoms with Gasteiger partial charge in [0.05, 0.1) is 60.2 Å². The molecule has 5 rings (SSSR count). The normalized spacial score (nSPS) is 18.4. The average molecular weight is 577 g/mol. The highest BCUT2D eigenvalue weighted by Crippen LogP contribution is 2.22. The average Bonchev–Trinajstić information content (AvgIpc) is 3.33. The summed E-state index contributed by atoms with van der Waals surface area (Å²) >= 11 is 0. The molecule has 5 heterocycles. The van der Waals surface area contributed by atoms with Crippen molar-refractivity contribution in [1.82, 2.24) is 29.9 Å². The number of rotatable bonds is 4. The van der Waals surface area contributed by atoms with Crippen LogP contribution in [0.2, 0.25) is 0 Å². The van der Waals surface area contributed by atoms with Crippen LogP contribution < -0.4 is 34.2 Å². The van der Waals surface area contributed by atoms with E-state index in [1.165, 1.54) is 6.20 Å². The van der Waals surface area contributed by atoms with Crippen molar-refractivity contribution in [3.8, 4) is 11.4 Å². The molecular weight excluding hydrogens is 545 g/mol. The SMILES string of the molecule is [2H]C([2H])([2H])[N+]1(C([2H])([2H])[2H])CCN(c2cc(C(=O)Nc3cc4cc(-c5cn(C)nn5)ncc4cn3)ccn2)CC1.[I-]. The fourth-order valence-electron chi connectivity index (χ4n) is 3.67. The molecule has 0 aliphatic carbocycles. The molecule has 1 N–H and O–H groups in total. The van der Waals surface area contributed by atoms with Crippen molar-refractivity contribution in [1.29, 1.82) is 0 Å². The van der Waals surface area contributed by atoms with E-state index in [2.05, 4.69) is 30.6 Å². The predicted molar refractivity (Wildman–Crippen MR) is 126 cm³/mol. The van der Waals surface area contributed by atoms with Gasteiger partial charge < -0.3 is 38.7 Å². The Hall–Kier alpha value is -3.19. The Bertz CT molecular complexity index is 1520. The van der Waals surface area contributed by atoms with E-state index in [0.717, 1.165) is 10.8 Å². The minimum atomic E-state index is -2.68. The second kappa shape index (κ2) is 9.58. The van der Waals surface area contributed by atoms with Crippen molar-refractivity contribution in [3.63, 3.8) is 0 Å². The van der Waals surface area contributed by atoms with Gasteiger partial charge in [-0.15, -0.1) is 5.10 Å². The Kier molecular flexibility index (Phi) is 4.87. The summed E-state index contributed by atoms with van der Waals surface area (Å²) < 4.78 is 47.7. The molecule has 10 nitrogen and oxygen atoms in total. The van der Waals surface area contributed by atoms with Crippen LogP contribution in [0.4, 0.5) is 11.6 Å². The number of pyridine rings is 3. The van der Waals surface area contributed by atoms with Crippen LogP contribution in [0, 0.1) is 0 Å². The zero-order valence-corrected chi connectivity index (χ0v) is 20.5. The maximum Gasteiger partial charge on any atom is 0.257 e. The van der Waals surface area contributed by atoms with Gasteiger partial charge in [0.2, 0.25) is 0 Å². The molecule has 0 bridgehead atoms. The Morgan fingerprint density at radius 2 is 1.85 bits per heavy atom. The van der Waals surface area contributed by atoms with E-state index >= 15 is 0 Å². The number of carbonyl (C=O) groups is 1. The summed E-state index contributed by atoms with van der Waals surface area (Å²) in [4.78, 5) is 27.9. The summed E-state index contributed by atoms with van der Waals surface area (Å²) in [6.07, 6.45) is 6.54. The number of hydrogen-bond donors (Lipinski definition) is 1. The number of anilines is 2. The van der Waals surface area contributed by atoms with E-state index in [0.29, 0.717) is 28.6 Å². The lowest BCUT2D eigenvalue weighted by Gasteiger charge is -2.39. The van der Waals surface area contributed by atoms with Crippen molar-refractivity contribution in [3.05, 3.63) is 54.6 Å². The monoisotopic (exact) mass is 577 g/mol. The molecule has 0 spiro atoms. The van der Waals surface area contributed by atoms with E-state index in [4.69, 9.17) is 8.22 Å². The number of hydrogen-bond acceptors (Lipinski definition) is 7. The summed E-state index contributed by atoms with van der Waals surface area (Å²) in [5.74, 6) is 0.404. The number of aromatic nitrogens is 6. The third kappa shape index (κ3) is 5.14. The summed E-state index contributed by atoms with van der Waals surface area (Å²) in [6.45, 7) is -5.21. The minimum Gasteiger partial charge on any atom is -1.00 e. The lowest BCUT2D eigenvalue weighted by atomic mass is 10.1. The van der Waals surface area contributed by atoms with Crippen LogP contribution in [-0.4, -0.2) is 80.5 Å². The van der Waals surface area contributed by atoms with Crippen LogP contribution in [0.5, 0.6) is 0 Å². The molecule has 1 saturated heterocycles. The smallest absolute Gasteiger partial charge is 0.257 e. The molecule has 1 aliphatic heterocycles. The topological polar surface area (TPSA) is 102 Å². The lowest BCUT2D eigenvalue weighted by Crippen LogP contribution is -3.00. The van der Waals surface area contributed by atoms with E-state index in [1.807, 2.05) is 6.07 Å². The van der Waals surface area contributed by atoms with Crippen molar-refractivity contribution in [2.45, 2.75) is 0 Å². The quantitative estimate of drug-likeness (QED) is 0.245. The highest BCUT2D eigenvalue weighted by atomic mass is 127. The van der Waals surface area contributed by atoms with Gasteiger partial charge >= 0.3 is 0 Å². The number of amides is 1. The number of nitrogens with zero attached hydrogens (tertiary/aromatic N) is 8. The molecule has 1 amide bonds. The highest BCUT2D eigenvalue weighted by molar-refractivity contribution is 6.05. The fourth-order valence-corrected chi connectivity index (χ4v) is 3.67. The van der Waals surface area contributed by atoms with E-state index < -0.39 is 24.3 Å². The Labute approximate surface area is 223 Å². The molecule has 0 unspecified atom stereocenters. The molecule has 0 saturated carbocycles. The summed E-state index contributed by atoms with van der Waals surface area (Å²) in [5, 5.41) is 12.4.